The molecule has 4 heterocycles. The van der Waals surface area contributed by atoms with Crippen LogP contribution >= 0.6 is 11.3 Å². The number of nitrogens with one attached hydrogen (secondary N) is 1. The molecule has 0 radical (unpaired) electrons. The number of rotatable bonds is 3. The van der Waals surface area contributed by atoms with E-state index in [9.17, 15) is 14.4 Å². The van der Waals surface area contributed by atoms with E-state index >= 15 is 0 Å². The van der Waals surface area contributed by atoms with Crippen LogP contribution in [0.1, 0.15) is 41.9 Å². The first-order valence-corrected chi connectivity index (χ1v) is 9.37. The molecule has 1 amide bonds. The largest absolute Gasteiger partial charge is 0.343 e. The second-order valence-corrected chi connectivity index (χ2v) is 7.13. The third kappa shape index (κ3) is 2.66. The van der Waals surface area contributed by atoms with Gasteiger partial charge >= 0.3 is 5.69 Å². The highest BCUT2D eigenvalue weighted by atomic mass is 32.1. The van der Waals surface area contributed by atoms with Crippen LogP contribution in [-0.4, -0.2) is 48.0 Å². The number of aromatic amines is 1. The summed E-state index contributed by atoms with van der Waals surface area (Å²) in [6.45, 7) is 3.40. The predicted octanol–water partition coefficient (Wildman–Crippen LogP) is 0.680. The average Bonchev–Trinajstić information content (AvgIpc) is 3.28. The van der Waals surface area contributed by atoms with Crippen LogP contribution in [0.3, 0.4) is 0 Å². The van der Waals surface area contributed by atoms with Crippen LogP contribution in [0.25, 0.3) is 4.96 Å². The molecule has 1 atom stereocenters. The minimum Gasteiger partial charge on any atom is -0.338 e. The van der Waals surface area contributed by atoms with Crippen molar-refractivity contribution >= 4 is 22.2 Å². The number of likely N-dealkylation sites (tertiary alicyclic amines) is 1. The van der Waals surface area contributed by atoms with Gasteiger partial charge < -0.3 is 4.90 Å². The fraction of sp³-hybridized carbons (Fsp3) is 0.438. The average molecular weight is 374 g/mol. The van der Waals surface area contributed by atoms with Gasteiger partial charge in [0.1, 0.15) is 11.4 Å². The maximum Gasteiger partial charge on any atom is 0.343 e. The molecule has 10 heteroatoms. The molecular weight excluding hydrogens is 356 g/mol. The van der Waals surface area contributed by atoms with Gasteiger partial charge in [0.2, 0.25) is 0 Å². The quantitative estimate of drug-likeness (QED) is 0.726. The summed E-state index contributed by atoms with van der Waals surface area (Å²) in [7, 11) is 0. The lowest BCUT2D eigenvalue weighted by Gasteiger charge is -2.32. The Kier molecular flexibility index (Phi) is 4.19. The maximum atomic E-state index is 12.9. The number of carbonyl (C=O) groups excluding carboxylic acids is 1. The summed E-state index contributed by atoms with van der Waals surface area (Å²) in [6, 6.07) is 0. The summed E-state index contributed by atoms with van der Waals surface area (Å²) in [6.07, 6.45) is 4.61. The zero-order chi connectivity index (χ0) is 18.3. The summed E-state index contributed by atoms with van der Waals surface area (Å²) < 4.78 is 2.98. The van der Waals surface area contributed by atoms with Crippen LogP contribution in [-0.2, 0) is 6.54 Å². The summed E-state index contributed by atoms with van der Waals surface area (Å²) >= 11 is 1.34. The standard InChI is InChI=1S/C16H18N6O3S/c1-2-21-12(18-19-15(21)25)10-4-3-5-20(9-10)13(23)11-8-17-16-22(14(11)24)6-7-26-16/h6-8,10H,2-5,9H2,1H3,(H,19,25)/t10-/m1/s1. The van der Waals surface area contributed by atoms with Crippen molar-refractivity contribution in [1.29, 1.82) is 0 Å². The number of nitrogens with zero attached hydrogens (tertiary/aromatic N) is 5. The van der Waals surface area contributed by atoms with Gasteiger partial charge in [-0.1, -0.05) is 0 Å². The fourth-order valence-corrected chi connectivity index (χ4v) is 4.14. The normalized spacial score (nSPS) is 17.7. The number of thiazole rings is 1. The van der Waals surface area contributed by atoms with E-state index in [1.807, 2.05) is 6.92 Å². The molecule has 0 aromatic carbocycles. The highest BCUT2D eigenvalue weighted by Gasteiger charge is 2.30. The van der Waals surface area contributed by atoms with E-state index in [1.54, 1.807) is 21.0 Å². The van der Waals surface area contributed by atoms with E-state index in [-0.39, 0.29) is 28.6 Å². The van der Waals surface area contributed by atoms with E-state index in [0.29, 0.717) is 30.4 Å². The van der Waals surface area contributed by atoms with E-state index in [4.69, 9.17) is 0 Å². The molecule has 0 bridgehead atoms. The highest BCUT2D eigenvalue weighted by molar-refractivity contribution is 7.15. The third-order valence-electron chi connectivity index (χ3n) is 4.75. The van der Waals surface area contributed by atoms with Gasteiger partial charge in [-0.25, -0.2) is 14.9 Å². The first kappa shape index (κ1) is 16.7. The first-order valence-electron chi connectivity index (χ1n) is 8.49. The summed E-state index contributed by atoms with van der Waals surface area (Å²) in [4.78, 5) is 43.7. The molecule has 1 N–H and O–H groups in total. The van der Waals surface area contributed by atoms with Gasteiger partial charge in [0.05, 0.1) is 0 Å². The smallest absolute Gasteiger partial charge is 0.338 e. The highest BCUT2D eigenvalue weighted by Crippen LogP contribution is 2.25. The van der Waals surface area contributed by atoms with Gasteiger partial charge in [-0.15, -0.1) is 11.3 Å². The third-order valence-corrected chi connectivity index (χ3v) is 5.52. The number of hydrogen-bond acceptors (Lipinski definition) is 6. The Hall–Kier alpha value is -2.75. The Bertz CT molecular complexity index is 1080. The van der Waals surface area contributed by atoms with Gasteiger partial charge in [0, 0.05) is 43.3 Å². The minimum atomic E-state index is -0.353. The van der Waals surface area contributed by atoms with Crippen molar-refractivity contribution in [3.63, 3.8) is 0 Å². The second-order valence-electron chi connectivity index (χ2n) is 6.25. The SMILES string of the molecule is CCn1c([C@@H]2CCCN(C(=O)c3cnc4sccn4c3=O)C2)n[nH]c1=O. The number of fused-ring (bicyclic) bond motifs is 1. The monoisotopic (exact) mass is 374 g/mol. The van der Waals surface area contributed by atoms with Crippen molar-refractivity contribution in [2.24, 2.45) is 0 Å². The number of carbonyl (C=O) groups is 1. The Morgan fingerprint density at radius 2 is 2.27 bits per heavy atom. The minimum absolute atomic E-state index is 0.0350. The van der Waals surface area contributed by atoms with Crippen molar-refractivity contribution in [2.45, 2.75) is 32.2 Å². The summed E-state index contributed by atoms with van der Waals surface area (Å²) in [5.41, 5.74) is -0.527. The van der Waals surface area contributed by atoms with Crippen molar-refractivity contribution in [1.82, 2.24) is 29.0 Å². The van der Waals surface area contributed by atoms with Crippen LogP contribution in [0, 0.1) is 0 Å². The lowest BCUT2D eigenvalue weighted by atomic mass is 9.96. The van der Waals surface area contributed by atoms with Crippen LogP contribution in [0.15, 0.2) is 27.4 Å². The summed E-state index contributed by atoms with van der Waals surface area (Å²) in [5, 5.41) is 8.38. The van der Waals surface area contributed by atoms with Crippen molar-refractivity contribution in [2.75, 3.05) is 13.1 Å². The Morgan fingerprint density at radius 1 is 1.42 bits per heavy atom. The molecule has 0 aliphatic carbocycles. The molecule has 26 heavy (non-hydrogen) atoms. The molecule has 4 rings (SSSR count). The van der Waals surface area contributed by atoms with E-state index < -0.39 is 0 Å². The van der Waals surface area contributed by atoms with Gasteiger partial charge in [0.25, 0.3) is 11.5 Å². The van der Waals surface area contributed by atoms with Gasteiger partial charge in [-0.05, 0) is 19.8 Å². The van der Waals surface area contributed by atoms with Crippen LogP contribution in [0.4, 0.5) is 0 Å². The van der Waals surface area contributed by atoms with Crippen LogP contribution in [0.2, 0.25) is 0 Å². The van der Waals surface area contributed by atoms with E-state index in [1.165, 1.54) is 21.9 Å². The van der Waals surface area contributed by atoms with Gasteiger partial charge in [-0.3, -0.25) is 18.6 Å². The fourth-order valence-electron chi connectivity index (χ4n) is 3.46. The molecule has 3 aromatic rings. The zero-order valence-electron chi connectivity index (χ0n) is 14.2. The molecule has 0 spiro atoms. The lowest BCUT2D eigenvalue weighted by molar-refractivity contribution is 0.0700. The molecule has 0 unspecified atom stereocenters. The summed E-state index contributed by atoms with van der Waals surface area (Å²) in [5.74, 6) is 0.305. The molecule has 1 aliphatic heterocycles. The van der Waals surface area contributed by atoms with Crippen LogP contribution in [0.5, 0.6) is 0 Å². The molecule has 3 aromatic heterocycles. The predicted molar refractivity (Wildman–Crippen MR) is 95.7 cm³/mol. The molecule has 136 valence electrons. The Labute approximate surface area is 151 Å². The van der Waals surface area contributed by atoms with Gasteiger partial charge in [-0.2, -0.15) is 5.10 Å². The number of aromatic nitrogens is 5. The van der Waals surface area contributed by atoms with E-state index in [2.05, 4.69) is 15.2 Å². The second kappa shape index (κ2) is 6.52. The number of H-pyrrole nitrogens is 1. The van der Waals surface area contributed by atoms with Crippen molar-refractivity contribution < 1.29 is 4.79 Å². The lowest BCUT2D eigenvalue weighted by Crippen LogP contribution is -2.42. The van der Waals surface area contributed by atoms with Crippen molar-refractivity contribution in [3.8, 4) is 0 Å². The van der Waals surface area contributed by atoms with E-state index in [0.717, 1.165) is 12.8 Å². The molecule has 9 nitrogen and oxygen atoms in total. The Balaban J connectivity index is 1.62. The van der Waals surface area contributed by atoms with Crippen LogP contribution < -0.4 is 11.2 Å². The van der Waals surface area contributed by atoms with Crippen molar-refractivity contribution in [3.05, 3.63) is 50.0 Å². The molecule has 0 saturated carbocycles. The number of piperidine rings is 1. The number of amides is 1. The molecule has 1 aliphatic rings. The molecule has 1 fully saturated rings. The number of hydrogen-bond donors (Lipinski definition) is 1. The molecular formula is C16H18N6O3S. The Morgan fingerprint density at radius 3 is 3.08 bits per heavy atom. The molecule has 1 saturated heterocycles. The van der Waals surface area contributed by atoms with Gasteiger partial charge in [0.15, 0.2) is 4.96 Å². The zero-order valence-corrected chi connectivity index (χ0v) is 15.0. The maximum absolute atomic E-state index is 12.9. The topological polar surface area (TPSA) is 105 Å². The first-order chi connectivity index (χ1) is 12.6.